The minimum atomic E-state index is -0.413. The lowest BCUT2D eigenvalue weighted by Crippen LogP contribution is -2.35. The van der Waals surface area contributed by atoms with Crippen LogP contribution in [-0.2, 0) is 12.0 Å². The number of nitrogens with two attached hydrogens (primary N) is 1. The third-order valence-corrected chi connectivity index (χ3v) is 5.09. The maximum Gasteiger partial charge on any atom is 0.0633 e. The molecule has 2 rings (SSSR count). The predicted octanol–water partition coefficient (Wildman–Crippen LogP) is 6.06. The summed E-state index contributed by atoms with van der Waals surface area (Å²) in [5.41, 5.74) is 10.1. The molecule has 0 bridgehead atoms. The Bertz CT molecular complexity index is 587. The molecule has 130 valence electrons. The molecule has 2 N–H and O–H groups in total. The molecule has 2 atom stereocenters. The van der Waals surface area contributed by atoms with Gasteiger partial charge in [0.1, 0.15) is 0 Å². The SMILES string of the molecule is CC=CCC1C=CC(C(C)(N)c2ccc(CCCCC)cc2)=CC1. The molecular formula is C23H33N. The van der Waals surface area contributed by atoms with Crippen molar-refractivity contribution in [2.24, 2.45) is 11.7 Å². The average Bonchev–Trinajstić information content (AvgIpc) is 2.61. The molecule has 0 fully saturated rings. The second-order valence-corrected chi connectivity index (χ2v) is 7.18. The van der Waals surface area contributed by atoms with E-state index in [0.717, 1.165) is 12.8 Å². The van der Waals surface area contributed by atoms with Crippen LogP contribution in [-0.4, -0.2) is 0 Å². The highest BCUT2D eigenvalue weighted by atomic mass is 14.7. The molecule has 1 nitrogen and oxygen atoms in total. The van der Waals surface area contributed by atoms with Gasteiger partial charge in [0.25, 0.3) is 0 Å². The number of hydrogen-bond donors (Lipinski definition) is 1. The van der Waals surface area contributed by atoms with Gasteiger partial charge in [0.15, 0.2) is 0 Å². The van der Waals surface area contributed by atoms with Crippen molar-refractivity contribution in [3.05, 3.63) is 71.3 Å². The van der Waals surface area contributed by atoms with Gasteiger partial charge >= 0.3 is 0 Å². The Balaban J connectivity index is 2.02. The zero-order valence-corrected chi connectivity index (χ0v) is 15.6. The summed E-state index contributed by atoms with van der Waals surface area (Å²) in [6, 6.07) is 8.92. The molecule has 0 radical (unpaired) electrons. The topological polar surface area (TPSA) is 26.0 Å². The summed E-state index contributed by atoms with van der Waals surface area (Å²) in [6.45, 7) is 6.45. The summed E-state index contributed by atoms with van der Waals surface area (Å²) >= 11 is 0. The van der Waals surface area contributed by atoms with E-state index in [1.165, 1.54) is 42.4 Å². The van der Waals surface area contributed by atoms with E-state index in [4.69, 9.17) is 5.73 Å². The molecule has 0 heterocycles. The molecule has 24 heavy (non-hydrogen) atoms. The number of rotatable bonds is 8. The van der Waals surface area contributed by atoms with Crippen LogP contribution in [0, 0.1) is 5.92 Å². The molecule has 0 saturated carbocycles. The Morgan fingerprint density at radius 3 is 2.54 bits per heavy atom. The summed E-state index contributed by atoms with van der Waals surface area (Å²) in [4.78, 5) is 0. The van der Waals surface area contributed by atoms with Crippen molar-refractivity contribution >= 4 is 0 Å². The van der Waals surface area contributed by atoms with Crippen LogP contribution in [0.15, 0.2) is 60.2 Å². The van der Waals surface area contributed by atoms with E-state index < -0.39 is 5.54 Å². The van der Waals surface area contributed by atoms with Crippen LogP contribution in [0.3, 0.4) is 0 Å². The van der Waals surface area contributed by atoms with Gasteiger partial charge in [0.2, 0.25) is 0 Å². The summed E-state index contributed by atoms with van der Waals surface area (Å²) in [5.74, 6) is 0.613. The number of allylic oxidation sites excluding steroid dienone is 4. The fourth-order valence-electron chi connectivity index (χ4n) is 3.30. The lowest BCUT2D eigenvalue weighted by Gasteiger charge is -2.30. The van der Waals surface area contributed by atoms with Gasteiger partial charge in [-0.05, 0) is 62.1 Å². The maximum absolute atomic E-state index is 6.70. The first-order valence-corrected chi connectivity index (χ1v) is 9.46. The fraction of sp³-hybridized carbons (Fsp3) is 0.478. The predicted molar refractivity (Wildman–Crippen MR) is 106 cm³/mol. The van der Waals surface area contributed by atoms with E-state index in [9.17, 15) is 0 Å². The Hall–Kier alpha value is -1.60. The minimum Gasteiger partial charge on any atom is -0.318 e. The third-order valence-electron chi connectivity index (χ3n) is 5.09. The standard InChI is InChI=1S/C23H33N/c1-4-6-8-10-20-13-17-22(18-14-20)23(3,24)21-15-11-19(12-16-21)9-7-5-2/h5,7,11,13-19H,4,6,8-10,12,24H2,1-3H3. The molecule has 0 spiro atoms. The van der Waals surface area contributed by atoms with Crippen LogP contribution in [0.25, 0.3) is 0 Å². The fourth-order valence-corrected chi connectivity index (χ4v) is 3.30. The first kappa shape index (κ1) is 18.7. The third kappa shape index (κ3) is 4.95. The van der Waals surface area contributed by atoms with Crippen molar-refractivity contribution < 1.29 is 0 Å². The highest BCUT2D eigenvalue weighted by Crippen LogP contribution is 2.32. The molecule has 1 heteroatoms. The van der Waals surface area contributed by atoms with E-state index in [-0.39, 0.29) is 0 Å². The van der Waals surface area contributed by atoms with Crippen LogP contribution in [0.4, 0.5) is 0 Å². The van der Waals surface area contributed by atoms with Crippen LogP contribution >= 0.6 is 0 Å². The smallest absolute Gasteiger partial charge is 0.0633 e. The van der Waals surface area contributed by atoms with Crippen molar-refractivity contribution in [1.82, 2.24) is 0 Å². The van der Waals surface area contributed by atoms with Crippen molar-refractivity contribution in [2.45, 2.75) is 64.8 Å². The second-order valence-electron chi connectivity index (χ2n) is 7.18. The molecule has 0 saturated heterocycles. The Kier molecular flexibility index (Phi) is 7.05. The van der Waals surface area contributed by atoms with Gasteiger partial charge in [-0.2, -0.15) is 0 Å². The molecule has 1 aromatic carbocycles. The van der Waals surface area contributed by atoms with Gasteiger partial charge in [0, 0.05) is 0 Å². The van der Waals surface area contributed by atoms with Crippen molar-refractivity contribution in [3.63, 3.8) is 0 Å². The molecule has 0 aromatic heterocycles. The summed E-state index contributed by atoms with van der Waals surface area (Å²) in [5, 5.41) is 0. The van der Waals surface area contributed by atoms with Crippen LogP contribution in [0.5, 0.6) is 0 Å². The quantitative estimate of drug-likeness (QED) is 0.456. The second kappa shape index (κ2) is 9.03. The van der Waals surface area contributed by atoms with E-state index >= 15 is 0 Å². The van der Waals surface area contributed by atoms with Gasteiger partial charge in [0.05, 0.1) is 5.54 Å². The van der Waals surface area contributed by atoms with Crippen LogP contribution in [0.2, 0.25) is 0 Å². The highest BCUT2D eigenvalue weighted by molar-refractivity contribution is 5.42. The number of unbranched alkanes of at least 4 members (excludes halogenated alkanes) is 2. The first-order valence-electron chi connectivity index (χ1n) is 9.46. The number of hydrogen-bond acceptors (Lipinski definition) is 1. The van der Waals surface area contributed by atoms with E-state index in [1.54, 1.807) is 0 Å². The molecule has 0 amide bonds. The van der Waals surface area contributed by atoms with Crippen molar-refractivity contribution in [1.29, 1.82) is 0 Å². The zero-order valence-electron chi connectivity index (χ0n) is 15.6. The summed E-state index contributed by atoms with van der Waals surface area (Å²) in [6.07, 6.45) is 18.5. The largest absolute Gasteiger partial charge is 0.318 e. The Morgan fingerprint density at radius 2 is 1.96 bits per heavy atom. The van der Waals surface area contributed by atoms with Crippen molar-refractivity contribution in [2.75, 3.05) is 0 Å². The van der Waals surface area contributed by atoms with Gasteiger partial charge < -0.3 is 5.73 Å². The van der Waals surface area contributed by atoms with E-state index in [2.05, 4.69) is 75.4 Å². The van der Waals surface area contributed by atoms with E-state index in [1.807, 2.05) is 0 Å². The number of aryl methyl sites for hydroxylation is 1. The lowest BCUT2D eigenvalue weighted by atomic mass is 9.80. The molecule has 0 aliphatic heterocycles. The lowest BCUT2D eigenvalue weighted by molar-refractivity contribution is 0.576. The molecule has 2 unspecified atom stereocenters. The summed E-state index contributed by atoms with van der Waals surface area (Å²) in [7, 11) is 0. The zero-order chi connectivity index (χ0) is 17.4. The molecule has 1 aromatic rings. The average molecular weight is 324 g/mol. The summed E-state index contributed by atoms with van der Waals surface area (Å²) < 4.78 is 0. The highest BCUT2D eigenvalue weighted by Gasteiger charge is 2.26. The Labute approximate surface area is 148 Å². The van der Waals surface area contributed by atoms with Gasteiger partial charge in [-0.15, -0.1) is 0 Å². The van der Waals surface area contributed by atoms with Gasteiger partial charge in [-0.3, -0.25) is 0 Å². The monoisotopic (exact) mass is 323 g/mol. The van der Waals surface area contributed by atoms with E-state index in [0.29, 0.717) is 5.92 Å². The van der Waals surface area contributed by atoms with Gasteiger partial charge in [-0.25, -0.2) is 0 Å². The Morgan fingerprint density at radius 1 is 1.21 bits per heavy atom. The first-order chi connectivity index (χ1) is 11.6. The molecule has 1 aliphatic carbocycles. The normalized spacial score (nSPS) is 20.2. The van der Waals surface area contributed by atoms with Crippen LogP contribution < -0.4 is 5.73 Å². The van der Waals surface area contributed by atoms with Crippen LogP contribution in [0.1, 0.15) is 64.0 Å². The molecular weight excluding hydrogens is 290 g/mol. The maximum atomic E-state index is 6.70. The number of benzene rings is 1. The van der Waals surface area contributed by atoms with Crippen molar-refractivity contribution in [3.8, 4) is 0 Å². The van der Waals surface area contributed by atoms with Gasteiger partial charge in [-0.1, -0.05) is 74.4 Å². The molecule has 1 aliphatic rings. The minimum absolute atomic E-state index is 0.413.